The number of hydrogen-bond donors (Lipinski definition) is 2. The lowest BCUT2D eigenvalue weighted by Gasteiger charge is -2.39. The van der Waals surface area contributed by atoms with E-state index in [-0.39, 0.29) is 6.03 Å². The molecule has 2 aromatic heterocycles. The summed E-state index contributed by atoms with van der Waals surface area (Å²) in [6.45, 7) is 2.62. The Labute approximate surface area is 162 Å². The van der Waals surface area contributed by atoms with Crippen LogP contribution in [0.15, 0.2) is 34.9 Å². The summed E-state index contributed by atoms with van der Waals surface area (Å²) in [4.78, 5) is 21.3. The van der Waals surface area contributed by atoms with Crippen LogP contribution in [0.3, 0.4) is 0 Å². The van der Waals surface area contributed by atoms with Gasteiger partial charge in [0, 0.05) is 32.2 Å². The Morgan fingerprint density at radius 2 is 1.93 bits per heavy atom. The second kappa shape index (κ2) is 6.77. The van der Waals surface area contributed by atoms with Crippen LogP contribution in [0.4, 0.5) is 20.7 Å². The highest BCUT2D eigenvalue weighted by atomic mass is 19.1. The molecule has 2 saturated heterocycles. The number of nitrogen functional groups attached to an aromatic ring is 1. The zero-order valence-electron chi connectivity index (χ0n) is 15.6. The highest BCUT2D eigenvalue weighted by Crippen LogP contribution is 2.41. The van der Waals surface area contributed by atoms with E-state index in [1.54, 1.807) is 24.5 Å². The van der Waals surface area contributed by atoms with Gasteiger partial charge in [-0.1, -0.05) is 0 Å². The summed E-state index contributed by atoms with van der Waals surface area (Å²) in [7, 11) is 0. The number of alkyl halides is 1. The number of amides is 2. The van der Waals surface area contributed by atoms with Crippen LogP contribution in [0.2, 0.25) is 0 Å². The Balaban J connectivity index is 1.21. The second-order valence-corrected chi connectivity index (χ2v) is 8.14. The van der Waals surface area contributed by atoms with Crippen molar-refractivity contribution in [2.24, 2.45) is 11.8 Å². The molecule has 2 amide bonds. The number of rotatable bonds is 3. The smallest absolute Gasteiger partial charge is 0.323 e. The Morgan fingerprint density at radius 1 is 1.18 bits per heavy atom. The van der Waals surface area contributed by atoms with E-state index in [1.165, 1.54) is 0 Å². The zero-order chi connectivity index (χ0) is 19.3. The summed E-state index contributed by atoms with van der Waals surface area (Å²) < 4.78 is 18.5. The molecule has 0 spiro atoms. The number of hydrogen-bond acceptors (Lipinski definition) is 5. The number of carbonyl (C=O) groups is 1. The van der Waals surface area contributed by atoms with E-state index >= 15 is 0 Å². The van der Waals surface area contributed by atoms with E-state index in [2.05, 4.69) is 15.2 Å². The Morgan fingerprint density at radius 3 is 2.57 bits per heavy atom. The van der Waals surface area contributed by atoms with E-state index in [1.807, 2.05) is 11.0 Å². The minimum atomic E-state index is -0.655. The zero-order valence-corrected chi connectivity index (χ0v) is 15.6. The van der Waals surface area contributed by atoms with E-state index in [4.69, 9.17) is 10.2 Å². The number of nitrogens with zero attached hydrogens (tertiary/aromatic N) is 3. The first kappa shape index (κ1) is 17.5. The van der Waals surface area contributed by atoms with Crippen LogP contribution in [0.5, 0.6) is 0 Å². The lowest BCUT2D eigenvalue weighted by atomic mass is 10.0. The van der Waals surface area contributed by atoms with Crippen molar-refractivity contribution in [2.45, 2.75) is 25.1 Å². The van der Waals surface area contributed by atoms with Gasteiger partial charge in [0.1, 0.15) is 11.9 Å². The normalized spacial score (nSPS) is 27.6. The number of halogens is 1. The fourth-order valence-corrected chi connectivity index (χ4v) is 4.80. The Kier molecular flexibility index (Phi) is 4.23. The molecule has 2 unspecified atom stereocenters. The molecule has 148 valence electrons. The number of nitrogens with two attached hydrogens (primary N) is 1. The van der Waals surface area contributed by atoms with Crippen LogP contribution >= 0.6 is 0 Å². The molecule has 0 aromatic carbocycles. The molecule has 1 aliphatic carbocycles. The van der Waals surface area contributed by atoms with Crippen molar-refractivity contribution in [3.05, 3.63) is 30.5 Å². The first-order valence-corrected chi connectivity index (χ1v) is 9.81. The van der Waals surface area contributed by atoms with Crippen molar-refractivity contribution in [2.75, 3.05) is 37.2 Å². The van der Waals surface area contributed by atoms with Crippen LogP contribution in [0.25, 0.3) is 11.5 Å². The van der Waals surface area contributed by atoms with Gasteiger partial charge in [-0.3, -0.25) is 10.2 Å². The van der Waals surface area contributed by atoms with Crippen LogP contribution in [0, 0.1) is 11.8 Å². The molecule has 2 aliphatic heterocycles. The van der Waals surface area contributed by atoms with E-state index in [0.29, 0.717) is 53.9 Å². The lowest BCUT2D eigenvalue weighted by molar-refractivity contribution is 0.0261. The van der Waals surface area contributed by atoms with Crippen molar-refractivity contribution in [1.82, 2.24) is 14.8 Å². The second-order valence-electron chi connectivity index (χ2n) is 8.14. The van der Waals surface area contributed by atoms with Gasteiger partial charge in [-0.25, -0.2) is 14.2 Å². The first-order valence-electron chi connectivity index (χ1n) is 9.81. The maximum absolute atomic E-state index is 13.1. The van der Waals surface area contributed by atoms with Crippen LogP contribution < -0.4 is 11.1 Å². The topological polar surface area (TPSA) is 87.6 Å². The molecule has 3 N–H and O–H groups in total. The number of carbonyl (C=O) groups excluding carboxylic acids is 1. The van der Waals surface area contributed by atoms with E-state index in [0.717, 1.165) is 25.9 Å². The van der Waals surface area contributed by atoms with Crippen molar-refractivity contribution < 1.29 is 13.6 Å². The molecule has 2 aromatic rings. The molecular formula is C20H24FN5O2. The fourth-order valence-electron chi connectivity index (χ4n) is 4.80. The summed E-state index contributed by atoms with van der Waals surface area (Å²) in [5, 5.41) is 2.86. The summed E-state index contributed by atoms with van der Waals surface area (Å²) in [5.41, 5.74) is 7.04. The summed E-state index contributed by atoms with van der Waals surface area (Å²) in [5.74, 6) is 1.96. The minimum Gasteiger partial charge on any atom is -0.463 e. The van der Waals surface area contributed by atoms with Gasteiger partial charge in [0.05, 0.1) is 12.0 Å². The first-order chi connectivity index (χ1) is 13.6. The molecule has 3 aliphatic rings. The molecule has 28 heavy (non-hydrogen) atoms. The third-order valence-electron chi connectivity index (χ3n) is 6.32. The molecular weight excluding hydrogens is 361 g/mol. The molecule has 1 saturated carbocycles. The fraction of sp³-hybridized carbons (Fsp3) is 0.500. The maximum atomic E-state index is 13.1. The number of aromatic nitrogens is 1. The van der Waals surface area contributed by atoms with E-state index in [9.17, 15) is 9.18 Å². The average molecular weight is 385 g/mol. The molecule has 8 heteroatoms. The highest BCUT2D eigenvalue weighted by Gasteiger charge is 2.46. The Bertz CT molecular complexity index is 853. The highest BCUT2D eigenvalue weighted by molar-refractivity contribution is 5.91. The van der Waals surface area contributed by atoms with Crippen molar-refractivity contribution >= 4 is 17.5 Å². The van der Waals surface area contributed by atoms with Gasteiger partial charge < -0.3 is 15.1 Å². The molecule has 0 bridgehead atoms. The summed E-state index contributed by atoms with van der Waals surface area (Å²) in [6, 6.07) is 7.39. The predicted molar refractivity (Wildman–Crippen MR) is 103 cm³/mol. The predicted octanol–water partition coefficient (Wildman–Crippen LogP) is 2.82. The van der Waals surface area contributed by atoms with E-state index < -0.39 is 6.17 Å². The number of anilines is 2. The van der Waals surface area contributed by atoms with Gasteiger partial charge in [0.25, 0.3) is 0 Å². The van der Waals surface area contributed by atoms with Gasteiger partial charge in [-0.15, -0.1) is 0 Å². The van der Waals surface area contributed by atoms with Gasteiger partial charge in [-0.2, -0.15) is 0 Å². The summed E-state index contributed by atoms with van der Waals surface area (Å²) in [6.07, 6.45) is 3.03. The SMILES string of the molecule is Nc1ccc(-c2ccco2)nc1NC(=O)N1CC2CC(N3CC(F)C3)CC2C1. The van der Waals surface area contributed by atoms with Gasteiger partial charge in [-0.05, 0) is 48.9 Å². The lowest BCUT2D eigenvalue weighted by Crippen LogP contribution is -2.53. The molecule has 7 nitrogen and oxygen atoms in total. The van der Waals surface area contributed by atoms with Gasteiger partial charge in [0.15, 0.2) is 11.6 Å². The standard InChI is InChI=1S/C20H24FN5O2/c21-14-10-25(11-14)15-6-12-8-26(9-13(12)7-15)20(27)24-19-16(22)3-4-17(23-19)18-2-1-5-28-18/h1-5,12-15H,6-11,22H2,(H,23,24,27). The maximum Gasteiger partial charge on any atom is 0.323 e. The van der Waals surface area contributed by atoms with Crippen molar-refractivity contribution in [1.29, 1.82) is 0 Å². The number of urea groups is 1. The third-order valence-corrected chi connectivity index (χ3v) is 6.32. The molecule has 3 fully saturated rings. The number of pyridine rings is 1. The monoisotopic (exact) mass is 385 g/mol. The van der Waals surface area contributed by atoms with Crippen molar-refractivity contribution in [3.63, 3.8) is 0 Å². The molecule has 2 atom stereocenters. The van der Waals surface area contributed by atoms with Gasteiger partial charge in [0.2, 0.25) is 0 Å². The van der Waals surface area contributed by atoms with Gasteiger partial charge >= 0.3 is 6.03 Å². The van der Waals surface area contributed by atoms with Crippen molar-refractivity contribution in [3.8, 4) is 11.5 Å². The Hall–Kier alpha value is -2.61. The summed E-state index contributed by atoms with van der Waals surface area (Å²) >= 11 is 0. The largest absolute Gasteiger partial charge is 0.463 e. The molecule has 4 heterocycles. The van der Waals surface area contributed by atoms with Crippen LogP contribution in [-0.4, -0.2) is 59.2 Å². The number of nitrogens with one attached hydrogen (secondary N) is 1. The number of likely N-dealkylation sites (tertiary alicyclic amines) is 2. The van der Waals surface area contributed by atoms with Crippen LogP contribution in [-0.2, 0) is 0 Å². The van der Waals surface area contributed by atoms with Crippen LogP contribution in [0.1, 0.15) is 12.8 Å². The average Bonchev–Trinajstić information content (AvgIpc) is 3.36. The minimum absolute atomic E-state index is 0.172. The molecule has 0 radical (unpaired) electrons. The molecule has 5 rings (SSSR count). The number of fused-ring (bicyclic) bond motifs is 1. The quantitative estimate of drug-likeness (QED) is 0.848. The third kappa shape index (κ3) is 3.11. The number of furan rings is 1.